The van der Waals surface area contributed by atoms with Gasteiger partial charge in [-0.1, -0.05) is 30.3 Å². The Balaban J connectivity index is 2.40. The predicted octanol–water partition coefficient (Wildman–Crippen LogP) is 1.15. The highest BCUT2D eigenvalue weighted by atomic mass is 19.1. The fraction of sp³-hybridized carbons (Fsp3) is 0.300. The minimum absolute atomic E-state index is 0.229. The molecule has 1 aliphatic rings. The molecule has 68 valence electrons. The Labute approximate surface area is 75.6 Å². The first-order valence-corrected chi connectivity index (χ1v) is 4.17. The first kappa shape index (κ1) is 8.23. The normalized spacial score (nSPS) is 31.3. The summed E-state index contributed by atoms with van der Waals surface area (Å²) in [6.45, 7) is 0. The Bertz CT molecular complexity index is 338. The molecule has 1 aromatic rings. The highest BCUT2D eigenvalue weighted by molar-refractivity contribution is 5.91. The smallest absolute Gasteiger partial charge is 0.231 e. The predicted molar refractivity (Wildman–Crippen MR) is 46.8 cm³/mol. The first-order chi connectivity index (χ1) is 6.18. The molecule has 1 aromatic carbocycles. The van der Waals surface area contributed by atoms with Gasteiger partial charge in [0, 0.05) is 6.42 Å². The standard InChI is InChI=1S/C10H10FNO/c11-8-6-10(8,9(12)13)7-4-2-1-3-5-7/h1-5,8H,6H2,(H2,12,13). The van der Waals surface area contributed by atoms with Gasteiger partial charge in [0.1, 0.15) is 11.6 Å². The van der Waals surface area contributed by atoms with Crippen molar-refractivity contribution in [1.29, 1.82) is 0 Å². The van der Waals surface area contributed by atoms with Crippen LogP contribution in [0.15, 0.2) is 30.3 Å². The lowest BCUT2D eigenvalue weighted by Crippen LogP contribution is -2.30. The Kier molecular flexibility index (Phi) is 1.62. The van der Waals surface area contributed by atoms with E-state index in [-0.39, 0.29) is 6.42 Å². The van der Waals surface area contributed by atoms with Gasteiger partial charge in [0.25, 0.3) is 0 Å². The van der Waals surface area contributed by atoms with Crippen molar-refractivity contribution in [3.63, 3.8) is 0 Å². The largest absolute Gasteiger partial charge is 0.369 e. The topological polar surface area (TPSA) is 43.1 Å². The lowest BCUT2D eigenvalue weighted by Gasteiger charge is -2.10. The zero-order chi connectivity index (χ0) is 9.47. The molecule has 1 fully saturated rings. The molecule has 2 nitrogen and oxygen atoms in total. The Morgan fingerprint density at radius 3 is 2.38 bits per heavy atom. The molecular formula is C10H10FNO. The van der Waals surface area contributed by atoms with Crippen LogP contribution in [0.3, 0.4) is 0 Å². The van der Waals surface area contributed by atoms with Crippen LogP contribution in [0.4, 0.5) is 4.39 Å². The summed E-state index contributed by atoms with van der Waals surface area (Å²) in [6, 6.07) is 8.87. The average molecular weight is 179 g/mol. The number of alkyl halides is 1. The third-order valence-electron chi connectivity index (χ3n) is 2.60. The molecule has 0 aliphatic heterocycles. The van der Waals surface area contributed by atoms with E-state index in [1.165, 1.54) is 0 Å². The summed E-state index contributed by atoms with van der Waals surface area (Å²) in [4.78, 5) is 11.1. The van der Waals surface area contributed by atoms with Crippen LogP contribution < -0.4 is 5.73 Å². The van der Waals surface area contributed by atoms with E-state index in [1.807, 2.05) is 6.07 Å². The van der Waals surface area contributed by atoms with Gasteiger partial charge in [-0.3, -0.25) is 4.79 Å². The van der Waals surface area contributed by atoms with Crippen molar-refractivity contribution in [3.05, 3.63) is 35.9 Å². The SMILES string of the molecule is NC(=O)C1(c2ccccc2)CC1F. The Hall–Kier alpha value is -1.38. The molecule has 0 bridgehead atoms. The lowest BCUT2D eigenvalue weighted by atomic mass is 9.95. The van der Waals surface area contributed by atoms with Crippen molar-refractivity contribution in [2.45, 2.75) is 18.0 Å². The van der Waals surface area contributed by atoms with E-state index in [0.29, 0.717) is 5.56 Å². The van der Waals surface area contributed by atoms with Crippen LogP contribution >= 0.6 is 0 Å². The zero-order valence-electron chi connectivity index (χ0n) is 7.03. The minimum atomic E-state index is -1.10. The van der Waals surface area contributed by atoms with E-state index in [1.54, 1.807) is 24.3 Å². The van der Waals surface area contributed by atoms with Crippen molar-refractivity contribution < 1.29 is 9.18 Å². The molecule has 2 unspecified atom stereocenters. The van der Waals surface area contributed by atoms with Crippen LogP contribution in [-0.2, 0) is 10.2 Å². The summed E-state index contributed by atoms with van der Waals surface area (Å²) >= 11 is 0. The number of carbonyl (C=O) groups excluding carboxylic acids is 1. The summed E-state index contributed by atoms with van der Waals surface area (Å²) in [7, 11) is 0. The van der Waals surface area contributed by atoms with E-state index in [4.69, 9.17) is 5.73 Å². The maximum absolute atomic E-state index is 13.1. The maximum atomic E-state index is 13.1. The average Bonchev–Trinajstić information content (AvgIpc) is 2.80. The third-order valence-corrected chi connectivity index (χ3v) is 2.60. The molecule has 0 spiro atoms. The molecule has 0 heterocycles. The van der Waals surface area contributed by atoms with Gasteiger partial charge >= 0.3 is 0 Å². The highest BCUT2D eigenvalue weighted by Gasteiger charge is 2.61. The van der Waals surface area contributed by atoms with Gasteiger partial charge in [-0.05, 0) is 5.56 Å². The second-order valence-corrected chi connectivity index (χ2v) is 3.37. The number of hydrogen-bond acceptors (Lipinski definition) is 1. The van der Waals surface area contributed by atoms with Crippen molar-refractivity contribution in [2.75, 3.05) is 0 Å². The number of halogens is 1. The maximum Gasteiger partial charge on any atom is 0.231 e. The van der Waals surface area contributed by atoms with Crippen molar-refractivity contribution in [3.8, 4) is 0 Å². The number of nitrogens with two attached hydrogens (primary N) is 1. The zero-order valence-corrected chi connectivity index (χ0v) is 7.03. The van der Waals surface area contributed by atoms with Gasteiger partial charge in [-0.15, -0.1) is 0 Å². The molecule has 0 aromatic heterocycles. The van der Waals surface area contributed by atoms with Crippen molar-refractivity contribution in [1.82, 2.24) is 0 Å². The molecule has 2 atom stereocenters. The third kappa shape index (κ3) is 1.03. The van der Waals surface area contributed by atoms with Gasteiger partial charge in [-0.2, -0.15) is 0 Å². The summed E-state index contributed by atoms with van der Waals surface area (Å²) in [5, 5.41) is 0. The molecule has 2 N–H and O–H groups in total. The van der Waals surface area contributed by atoms with E-state index in [9.17, 15) is 9.18 Å². The van der Waals surface area contributed by atoms with Crippen LogP contribution in [0.25, 0.3) is 0 Å². The monoisotopic (exact) mass is 179 g/mol. The molecule has 1 amide bonds. The molecule has 3 heteroatoms. The van der Waals surface area contributed by atoms with Crippen LogP contribution in [0.5, 0.6) is 0 Å². The minimum Gasteiger partial charge on any atom is -0.369 e. The quantitative estimate of drug-likeness (QED) is 0.727. The first-order valence-electron chi connectivity index (χ1n) is 4.17. The summed E-state index contributed by atoms with van der Waals surface area (Å²) in [5.41, 5.74) is 4.84. The fourth-order valence-electron chi connectivity index (χ4n) is 1.66. The molecule has 0 radical (unpaired) electrons. The van der Waals surface area contributed by atoms with E-state index >= 15 is 0 Å². The molecular weight excluding hydrogens is 169 g/mol. The number of amides is 1. The molecule has 0 saturated heterocycles. The van der Waals surface area contributed by atoms with Gasteiger partial charge in [-0.25, -0.2) is 4.39 Å². The molecule has 13 heavy (non-hydrogen) atoms. The second-order valence-electron chi connectivity index (χ2n) is 3.37. The highest BCUT2D eigenvalue weighted by Crippen LogP contribution is 2.50. The van der Waals surface area contributed by atoms with Gasteiger partial charge in [0.05, 0.1) is 0 Å². The molecule has 2 rings (SSSR count). The number of primary amides is 1. The van der Waals surface area contributed by atoms with Crippen LogP contribution in [0.1, 0.15) is 12.0 Å². The summed E-state index contributed by atoms with van der Waals surface area (Å²) in [5.74, 6) is -0.564. The molecule has 1 aliphatic carbocycles. The number of rotatable bonds is 2. The van der Waals surface area contributed by atoms with Crippen LogP contribution in [0, 0.1) is 0 Å². The Morgan fingerprint density at radius 1 is 1.46 bits per heavy atom. The number of hydrogen-bond donors (Lipinski definition) is 1. The van der Waals surface area contributed by atoms with Crippen LogP contribution in [-0.4, -0.2) is 12.1 Å². The van der Waals surface area contributed by atoms with Gasteiger partial charge in [0.2, 0.25) is 5.91 Å². The summed E-state index contributed by atoms with van der Waals surface area (Å²) in [6.07, 6.45) is -0.876. The molecule has 1 saturated carbocycles. The van der Waals surface area contributed by atoms with Crippen molar-refractivity contribution >= 4 is 5.91 Å². The van der Waals surface area contributed by atoms with E-state index < -0.39 is 17.5 Å². The Morgan fingerprint density at radius 2 is 2.00 bits per heavy atom. The van der Waals surface area contributed by atoms with Gasteiger partial charge < -0.3 is 5.73 Å². The number of carbonyl (C=O) groups is 1. The van der Waals surface area contributed by atoms with Gasteiger partial charge in [0.15, 0.2) is 0 Å². The number of benzene rings is 1. The van der Waals surface area contributed by atoms with E-state index in [2.05, 4.69) is 0 Å². The summed E-state index contributed by atoms with van der Waals surface area (Å²) < 4.78 is 13.1. The second kappa shape index (κ2) is 2.55. The van der Waals surface area contributed by atoms with Crippen molar-refractivity contribution in [2.24, 2.45) is 5.73 Å². The lowest BCUT2D eigenvalue weighted by molar-refractivity contribution is -0.120. The van der Waals surface area contributed by atoms with E-state index in [0.717, 1.165) is 0 Å². The van der Waals surface area contributed by atoms with Crippen LogP contribution in [0.2, 0.25) is 0 Å². The fourth-order valence-corrected chi connectivity index (χ4v) is 1.66.